The normalized spacial score (nSPS) is 11.8. The highest BCUT2D eigenvalue weighted by atomic mass is 32.2. The third kappa shape index (κ3) is 5.07. The molecule has 0 atom stereocenters. The fourth-order valence-corrected chi connectivity index (χ4v) is 3.29. The van der Waals surface area contributed by atoms with Gasteiger partial charge in [0, 0.05) is 25.7 Å². The molecule has 7 nitrogen and oxygen atoms in total. The lowest BCUT2D eigenvalue weighted by Gasteiger charge is -2.16. The maximum absolute atomic E-state index is 12.3. The Bertz CT molecular complexity index is 566. The summed E-state index contributed by atoms with van der Waals surface area (Å²) in [5.74, 6) is -0.275. The van der Waals surface area contributed by atoms with Gasteiger partial charge >= 0.3 is 0 Å². The molecule has 0 aromatic heterocycles. The van der Waals surface area contributed by atoms with Crippen LogP contribution in [0.1, 0.15) is 20.3 Å². The molecule has 0 radical (unpaired) electrons. The van der Waals surface area contributed by atoms with E-state index in [0.29, 0.717) is 13.2 Å². The van der Waals surface area contributed by atoms with E-state index in [1.54, 1.807) is 13.8 Å². The number of sulfone groups is 1. The summed E-state index contributed by atoms with van der Waals surface area (Å²) in [4.78, 5) is 9.93. The van der Waals surface area contributed by atoms with Crippen molar-refractivity contribution in [3.63, 3.8) is 0 Å². The highest BCUT2D eigenvalue weighted by molar-refractivity contribution is 7.91. The van der Waals surface area contributed by atoms with Crippen molar-refractivity contribution in [3.05, 3.63) is 34.4 Å². The van der Waals surface area contributed by atoms with Crippen LogP contribution in [-0.2, 0) is 19.3 Å². The minimum Gasteiger partial charge on any atom is -0.353 e. The Morgan fingerprint density at radius 3 is 2.29 bits per heavy atom. The van der Waals surface area contributed by atoms with Crippen LogP contribution >= 0.6 is 0 Å². The Morgan fingerprint density at radius 2 is 1.76 bits per heavy atom. The summed E-state index contributed by atoms with van der Waals surface area (Å²) in [6, 6.07) is 5.31. The topological polar surface area (TPSA) is 95.7 Å². The number of hydrogen-bond acceptors (Lipinski definition) is 6. The average Bonchev–Trinajstić information content (AvgIpc) is 2.45. The molecule has 0 aliphatic carbocycles. The number of rotatable bonds is 9. The van der Waals surface area contributed by atoms with Gasteiger partial charge in [0.2, 0.25) is 0 Å². The molecule has 0 spiro atoms. The van der Waals surface area contributed by atoms with Crippen LogP contribution in [0.15, 0.2) is 29.2 Å². The van der Waals surface area contributed by atoms with Crippen molar-refractivity contribution in [2.24, 2.45) is 0 Å². The van der Waals surface area contributed by atoms with Gasteiger partial charge in [-0.3, -0.25) is 10.1 Å². The van der Waals surface area contributed by atoms with Gasteiger partial charge in [0.15, 0.2) is 16.1 Å². The zero-order valence-corrected chi connectivity index (χ0v) is 12.8. The van der Waals surface area contributed by atoms with Crippen LogP contribution in [0, 0.1) is 10.1 Å². The first-order chi connectivity index (χ1) is 9.92. The Hall–Kier alpha value is -1.51. The molecule has 0 fully saturated rings. The maximum atomic E-state index is 12.3. The summed E-state index contributed by atoms with van der Waals surface area (Å²) in [5.41, 5.74) is -0.415. The SMILES string of the molecule is CCOC(CCS(=O)(=O)c1ccccc1[N+](=O)[O-])OCC. The van der Waals surface area contributed by atoms with Gasteiger partial charge in [-0.2, -0.15) is 0 Å². The largest absolute Gasteiger partial charge is 0.353 e. The first kappa shape index (κ1) is 17.5. The third-order valence-electron chi connectivity index (χ3n) is 2.72. The Kier molecular flexibility index (Phi) is 6.73. The molecule has 1 rings (SSSR count). The summed E-state index contributed by atoms with van der Waals surface area (Å²) >= 11 is 0. The number of para-hydroxylation sites is 1. The van der Waals surface area contributed by atoms with Gasteiger partial charge in [0.05, 0.1) is 10.7 Å². The number of benzene rings is 1. The monoisotopic (exact) mass is 317 g/mol. The lowest BCUT2D eigenvalue weighted by molar-refractivity contribution is -0.387. The molecule has 1 aromatic carbocycles. The average molecular weight is 317 g/mol. The van der Waals surface area contributed by atoms with Crippen LogP contribution in [-0.4, -0.2) is 38.6 Å². The zero-order chi connectivity index (χ0) is 15.9. The van der Waals surface area contributed by atoms with Crippen molar-refractivity contribution < 1.29 is 22.8 Å². The molecule has 118 valence electrons. The molecule has 0 N–H and O–H groups in total. The van der Waals surface area contributed by atoms with Gasteiger partial charge in [0.1, 0.15) is 4.90 Å². The minimum absolute atomic E-state index is 0.121. The zero-order valence-electron chi connectivity index (χ0n) is 12.0. The molecule has 0 unspecified atom stereocenters. The quantitative estimate of drug-likeness (QED) is 0.393. The number of ether oxygens (including phenoxy) is 2. The number of hydrogen-bond donors (Lipinski definition) is 0. The van der Waals surface area contributed by atoms with Crippen LogP contribution in [0.3, 0.4) is 0 Å². The molecule has 8 heteroatoms. The van der Waals surface area contributed by atoms with Crippen molar-refractivity contribution in [1.82, 2.24) is 0 Å². The van der Waals surface area contributed by atoms with E-state index in [1.807, 2.05) is 0 Å². The van der Waals surface area contributed by atoms with Crippen molar-refractivity contribution in [2.45, 2.75) is 31.5 Å². The van der Waals surface area contributed by atoms with E-state index in [2.05, 4.69) is 0 Å². The van der Waals surface area contributed by atoms with E-state index >= 15 is 0 Å². The fourth-order valence-electron chi connectivity index (χ4n) is 1.82. The van der Waals surface area contributed by atoms with Crippen molar-refractivity contribution in [2.75, 3.05) is 19.0 Å². The molecule has 21 heavy (non-hydrogen) atoms. The second-order valence-electron chi connectivity index (χ2n) is 4.17. The Morgan fingerprint density at radius 1 is 1.19 bits per heavy atom. The van der Waals surface area contributed by atoms with Gasteiger partial charge < -0.3 is 9.47 Å². The van der Waals surface area contributed by atoms with E-state index in [-0.39, 0.29) is 17.1 Å². The lowest BCUT2D eigenvalue weighted by atomic mass is 10.3. The first-order valence-corrected chi connectivity index (χ1v) is 8.27. The molecule has 0 heterocycles. The Balaban J connectivity index is 2.89. The highest BCUT2D eigenvalue weighted by Gasteiger charge is 2.26. The molecular weight excluding hydrogens is 298 g/mol. The van der Waals surface area contributed by atoms with Crippen LogP contribution in [0.5, 0.6) is 0 Å². The summed E-state index contributed by atoms with van der Waals surface area (Å²) < 4.78 is 35.1. The standard InChI is InChI=1S/C13H19NO6S/c1-3-19-13(20-4-2)9-10-21(17,18)12-8-6-5-7-11(12)14(15)16/h5-8,13H,3-4,9-10H2,1-2H3. The van der Waals surface area contributed by atoms with Gasteiger partial charge in [0.25, 0.3) is 5.69 Å². The third-order valence-corrected chi connectivity index (χ3v) is 4.51. The molecule has 0 saturated heterocycles. The smallest absolute Gasteiger partial charge is 0.287 e. The summed E-state index contributed by atoms with van der Waals surface area (Å²) in [6.07, 6.45) is -0.506. The molecular formula is C13H19NO6S. The molecule has 1 aromatic rings. The summed E-state index contributed by atoms with van der Waals surface area (Å²) in [7, 11) is -3.77. The van der Waals surface area contributed by atoms with E-state index in [4.69, 9.17) is 9.47 Å². The van der Waals surface area contributed by atoms with Gasteiger partial charge in [-0.1, -0.05) is 12.1 Å². The predicted molar refractivity (Wildman–Crippen MR) is 76.8 cm³/mol. The predicted octanol–water partition coefficient (Wildman–Crippen LogP) is 2.16. The first-order valence-electron chi connectivity index (χ1n) is 6.61. The second kappa shape index (κ2) is 8.06. The van der Waals surface area contributed by atoms with Crippen LogP contribution in [0.25, 0.3) is 0 Å². The van der Waals surface area contributed by atoms with Crippen LogP contribution in [0.2, 0.25) is 0 Å². The summed E-state index contributed by atoms with van der Waals surface area (Å²) in [5, 5.41) is 10.9. The molecule has 0 aliphatic heterocycles. The number of nitrogens with zero attached hydrogens (tertiary/aromatic N) is 1. The summed E-state index contributed by atoms with van der Waals surface area (Å²) in [6.45, 7) is 4.36. The fraction of sp³-hybridized carbons (Fsp3) is 0.538. The molecule has 0 bridgehead atoms. The number of nitro groups is 1. The van der Waals surface area contributed by atoms with E-state index in [9.17, 15) is 18.5 Å². The van der Waals surface area contributed by atoms with Crippen LogP contribution in [0.4, 0.5) is 5.69 Å². The van der Waals surface area contributed by atoms with Gasteiger partial charge in [-0.05, 0) is 19.9 Å². The van der Waals surface area contributed by atoms with E-state index in [0.717, 1.165) is 0 Å². The van der Waals surface area contributed by atoms with Gasteiger partial charge in [-0.15, -0.1) is 0 Å². The van der Waals surface area contributed by atoms with E-state index in [1.165, 1.54) is 24.3 Å². The van der Waals surface area contributed by atoms with Crippen molar-refractivity contribution in [3.8, 4) is 0 Å². The second-order valence-corrected chi connectivity index (χ2v) is 6.25. The Labute approximate surface area is 123 Å². The van der Waals surface area contributed by atoms with Crippen LogP contribution < -0.4 is 0 Å². The maximum Gasteiger partial charge on any atom is 0.287 e. The molecule has 0 aliphatic rings. The highest BCUT2D eigenvalue weighted by Crippen LogP contribution is 2.24. The van der Waals surface area contributed by atoms with Gasteiger partial charge in [-0.25, -0.2) is 8.42 Å². The van der Waals surface area contributed by atoms with Crippen molar-refractivity contribution >= 4 is 15.5 Å². The molecule has 0 saturated carbocycles. The minimum atomic E-state index is -3.77. The van der Waals surface area contributed by atoms with E-state index < -0.39 is 26.7 Å². The lowest BCUT2D eigenvalue weighted by Crippen LogP contribution is -2.22. The number of nitro benzene ring substituents is 1. The molecule has 0 amide bonds. The van der Waals surface area contributed by atoms with Crippen molar-refractivity contribution in [1.29, 1.82) is 0 Å².